The third kappa shape index (κ3) is 2.91. The Hall–Kier alpha value is -2.30. The predicted octanol–water partition coefficient (Wildman–Crippen LogP) is 2.50. The van der Waals surface area contributed by atoms with Crippen LogP contribution in [0.15, 0.2) is 30.5 Å². The molecule has 2 aromatic rings. The van der Waals surface area contributed by atoms with Crippen LogP contribution in [0.25, 0.3) is 10.9 Å². The van der Waals surface area contributed by atoms with Gasteiger partial charge < -0.3 is 14.6 Å². The van der Waals surface area contributed by atoms with E-state index in [1.807, 2.05) is 49.0 Å². The summed E-state index contributed by atoms with van der Waals surface area (Å²) in [6, 6.07) is 7.37. The fourth-order valence-electron chi connectivity index (χ4n) is 2.69. The van der Waals surface area contributed by atoms with Gasteiger partial charge in [0.15, 0.2) is 0 Å². The Morgan fingerprint density at radius 3 is 2.62 bits per heavy atom. The van der Waals surface area contributed by atoms with E-state index < -0.39 is 5.97 Å². The van der Waals surface area contributed by atoms with Crippen molar-refractivity contribution in [3.05, 3.63) is 36.0 Å². The summed E-state index contributed by atoms with van der Waals surface area (Å²) in [5.74, 6) is -1.02. The average Bonchev–Trinajstić information content (AvgIpc) is 2.76. The van der Waals surface area contributed by atoms with Crippen LogP contribution in [0, 0.1) is 0 Å². The van der Waals surface area contributed by atoms with Gasteiger partial charge in [-0.3, -0.25) is 9.59 Å². The summed E-state index contributed by atoms with van der Waals surface area (Å²) in [5, 5.41) is 9.81. The first-order chi connectivity index (χ1) is 9.95. The number of carboxylic acids is 1. The lowest BCUT2D eigenvalue weighted by Gasteiger charge is -2.26. The van der Waals surface area contributed by atoms with E-state index in [0.717, 1.165) is 10.9 Å². The molecule has 21 heavy (non-hydrogen) atoms. The van der Waals surface area contributed by atoms with Crippen LogP contribution in [0.5, 0.6) is 0 Å². The van der Waals surface area contributed by atoms with Gasteiger partial charge in [-0.05, 0) is 19.9 Å². The van der Waals surface area contributed by atoms with E-state index in [1.54, 1.807) is 11.8 Å². The van der Waals surface area contributed by atoms with E-state index in [1.165, 1.54) is 0 Å². The molecule has 1 atom stereocenters. The number of nitrogens with zero attached hydrogens (tertiary/aromatic N) is 2. The van der Waals surface area contributed by atoms with Gasteiger partial charge in [0.2, 0.25) is 0 Å². The molecule has 0 saturated heterocycles. The number of aryl methyl sites for hydroxylation is 1. The van der Waals surface area contributed by atoms with Gasteiger partial charge in [0.1, 0.15) is 0 Å². The number of benzene rings is 1. The SMILES string of the molecule is CCN(C(=O)c1cn(C)c2ccccc12)C(C)CC(=O)O. The fourth-order valence-corrected chi connectivity index (χ4v) is 2.69. The maximum atomic E-state index is 12.7. The Morgan fingerprint density at radius 1 is 1.33 bits per heavy atom. The second-order valence-electron chi connectivity index (χ2n) is 5.21. The number of amides is 1. The maximum absolute atomic E-state index is 12.7. The summed E-state index contributed by atoms with van der Waals surface area (Å²) in [7, 11) is 1.90. The molecule has 1 amide bonds. The van der Waals surface area contributed by atoms with Gasteiger partial charge in [-0.1, -0.05) is 18.2 Å². The largest absolute Gasteiger partial charge is 0.481 e. The van der Waals surface area contributed by atoms with Crippen LogP contribution in [-0.4, -0.2) is 39.0 Å². The predicted molar refractivity (Wildman–Crippen MR) is 81.3 cm³/mol. The van der Waals surface area contributed by atoms with E-state index in [0.29, 0.717) is 12.1 Å². The number of para-hydroxylation sites is 1. The van der Waals surface area contributed by atoms with Crippen LogP contribution in [-0.2, 0) is 11.8 Å². The minimum atomic E-state index is -0.897. The van der Waals surface area contributed by atoms with Crippen molar-refractivity contribution in [1.82, 2.24) is 9.47 Å². The number of aliphatic carboxylic acids is 1. The number of rotatable bonds is 5. The zero-order valence-electron chi connectivity index (χ0n) is 12.5. The van der Waals surface area contributed by atoms with Gasteiger partial charge in [0.25, 0.3) is 5.91 Å². The van der Waals surface area contributed by atoms with Gasteiger partial charge in [0, 0.05) is 36.7 Å². The Labute approximate surface area is 123 Å². The van der Waals surface area contributed by atoms with Gasteiger partial charge in [-0.2, -0.15) is 0 Å². The van der Waals surface area contributed by atoms with E-state index in [2.05, 4.69) is 0 Å². The van der Waals surface area contributed by atoms with Crippen LogP contribution in [0.2, 0.25) is 0 Å². The van der Waals surface area contributed by atoms with Gasteiger partial charge in [0.05, 0.1) is 12.0 Å². The minimum absolute atomic E-state index is 0.0512. The number of aromatic nitrogens is 1. The number of hydrogen-bond acceptors (Lipinski definition) is 2. The monoisotopic (exact) mass is 288 g/mol. The number of carbonyl (C=O) groups excluding carboxylic acids is 1. The van der Waals surface area contributed by atoms with Crippen molar-refractivity contribution in [2.75, 3.05) is 6.54 Å². The minimum Gasteiger partial charge on any atom is -0.481 e. The molecule has 0 spiro atoms. The fraction of sp³-hybridized carbons (Fsp3) is 0.375. The molecule has 0 radical (unpaired) electrons. The van der Waals surface area contributed by atoms with Crippen molar-refractivity contribution in [3.8, 4) is 0 Å². The van der Waals surface area contributed by atoms with Gasteiger partial charge in [-0.25, -0.2) is 0 Å². The normalized spacial score (nSPS) is 12.3. The molecule has 1 N–H and O–H groups in total. The maximum Gasteiger partial charge on any atom is 0.305 e. The van der Waals surface area contributed by atoms with Crippen LogP contribution in [0.3, 0.4) is 0 Å². The first-order valence-electron chi connectivity index (χ1n) is 7.02. The molecule has 0 aliphatic carbocycles. The summed E-state index contributed by atoms with van der Waals surface area (Å²) < 4.78 is 1.91. The number of hydrogen-bond donors (Lipinski definition) is 1. The average molecular weight is 288 g/mol. The van der Waals surface area contributed by atoms with E-state index in [9.17, 15) is 9.59 Å². The summed E-state index contributed by atoms with van der Waals surface area (Å²) >= 11 is 0. The third-order valence-electron chi connectivity index (χ3n) is 3.73. The first-order valence-corrected chi connectivity index (χ1v) is 7.02. The van der Waals surface area contributed by atoms with Crippen LogP contribution < -0.4 is 0 Å². The van der Waals surface area contributed by atoms with Crippen molar-refractivity contribution in [3.63, 3.8) is 0 Å². The third-order valence-corrected chi connectivity index (χ3v) is 3.73. The molecule has 112 valence electrons. The topological polar surface area (TPSA) is 62.5 Å². The van der Waals surface area contributed by atoms with Crippen LogP contribution >= 0.6 is 0 Å². The van der Waals surface area contributed by atoms with Gasteiger partial charge in [-0.15, -0.1) is 0 Å². The molecule has 1 aromatic heterocycles. The van der Waals surface area contributed by atoms with Crippen molar-refractivity contribution >= 4 is 22.8 Å². The Kier molecular flexibility index (Phi) is 4.31. The highest BCUT2D eigenvalue weighted by atomic mass is 16.4. The molecule has 0 fully saturated rings. The number of fused-ring (bicyclic) bond motifs is 1. The first kappa shape index (κ1) is 15.1. The van der Waals surface area contributed by atoms with Crippen molar-refractivity contribution in [2.24, 2.45) is 7.05 Å². The molecular formula is C16H20N2O3. The molecule has 5 heteroatoms. The van der Waals surface area contributed by atoms with E-state index in [-0.39, 0.29) is 18.4 Å². The number of carboxylic acid groups (broad SMARTS) is 1. The molecule has 1 aromatic carbocycles. The quantitative estimate of drug-likeness (QED) is 0.919. The highest BCUT2D eigenvalue weighted by Crippen LogP contribution is 2.22. The van der Waals surface area contributed by atoms with E-state index >= 15 is 0 Å². The lowest BCUT2D eigenvalue weighted by Crippen LogP contribution is -2.39. The standard InChI is InChI=1S/C16H20N2O3/c1-4-18(11(2)9-15(19)20)16(21)13-10-17(3)14-8-6-5-7-12(13)14/h5-8,10-11H,4,9H2,1-3H3,(H,19,20). The molecule has 1 heterocycles. The van der Waals surface area contributed by atoms with Crippen LogP contribution in [0.1, 0.15) is 30.6 Å². The summed E-state index contributed by atoms with van der Waals surface area (Å²) in [6.07, 6.45) is 1.76. The Bertz CT molecular complexity index is 675. The molecule has 0 aliphatic heterocycles. The molecular weight excluding hydrogens is 268 g/mol. The summed E-state index contributed by atoms with van der Waals surface area (Å²) in [4.78, 5) is 25.2. The zero-order valence-corrected chi connectivity index (χ0v) is 12.5. The molecule has 0 saturated carbocycles. The molecule has 0 bridgehead atoms. The summed E-state index contributed by atoms with van der Waals surface area (Å²) in [6.45, 7) is 4.11. The van der Waals surface area contributed by atoms with Crippen molar-refractivity contribution < 1.29 is 14.7 Å². The molecule has 5 nitrogen and oxygen atoms in total. The lowest BCUT2D eigenvalue weighted by atomic mass is 10.1. The molecule has 0 aliphatic rings. The molecule has 2 rings (SSSR count). The highest BCUT2D eigenvalue weighted by Gasteiger charge is 2.24. The Morgan fingerprint density at radius 2 is 2.00 bits per heavy atom. The van der Waals surface area contributed by atoms with Crippen LogP contribution in [0.4, 0.5) is 0 Å². The highest BCUT2D eigenvalue weighted by molar-refractivity contribution is 6.07. The van der Waals surface area contributed by atoms with Crippen molar-refractivity contribution in [2.45, 2.75) is 26.3 Å². The second kappa shape index (κ2) is 5.99. The van der Waals surface area contributed by atoms with E-state index in [4.69, 9.17) is 5.11 Å². The lowest BCUT2D eigenvalue weighted by molar-refractivity contribution is -0.138. The number of carbonyl (C=O) groups is 2. The van der Waals surface area contributed by atoms with Crippen molar-refractivity contribution in [1.29, 1.82) is 0 Å². The smallest absolute Gasteiger partial charge is 0.305 e. The zero-order chi connectivity index (χ0) is 15.6. The Balaban J connectivity index is 2.38. The second-order valence-corrected chi connectivity index (χ2v) is 5.21. The van der Waals surface area contributed by atoms with Gasteiger partial charge >= 0.3 is 5.97 Å². The molecule has 1 unspecified atom stereocenters. The summed E-state index contributed by atoms with van der Waals surface area (Å²) in [5.41, 5.74) is 1.61.